The number of rotatable bonds is 4. The van der Waals surface area contributed by atoms with Crippen molar-refractivity contribution < 1.29 is 14.6 Å². The van der Waals surface area contributed by atoms with Gasteiger partial charge in [0.05, 0.1) is 5.92 Å². The normalized spacial score (nSPS) is 12.7. The summed E-state index contributed by atoms with van der Waals surface area (Å²) in [5, 5.41) is 8.95. The number of hydrogen-bond donors (Lipinski definition) is 1. The van der Waals surface area contributed by atoms with E-state index in [2.05, 4.69) is 11.3 Å². The van der Waals surface area contributed by atoms with E-state index in [1.807, 2.05) is 0 Å². The van der Waals surface area contributed by atoms with Crippen LogP contribution in [0.4, 0.5) is 0 Å². The van der Waals surface area contributed by atoms with Crippen molar-refractivity contribution in [1.82, 2.24) is 0 Å². The van der Waals surface area contributed by atoms with E-state index in [1.165, 1.54) is 6.08 Å². The molecule has 0 aromatic heterocycles. The van der Waals surface area contributed by atoms with Gasteiger partial charge in [0, 0.05) is 6.42 Å². The van der Waals surface area contributed by atoms with E-state index in [-0.39, 0.29) is 18.3 Å². The molecule has 1 unspecified atom stereocenters. The minimum atomic E-state index is -1.04. The van der Waals surface area contributed by atoms with Crippen molar-refractivity contribution in [2.75, 3.05) is 0 Å². The maximum Gasteiger partial charge on any atom is 0.310 e. The van der Waals surface area contributed by atoms with Gasteiger partial charge >= 0.3 is 5.97 Å². The maximum atomic E-state index is 10.8. The van der Waals surface area contributed by atoms with Gasteiger partial charge in [-0.15, -0.1) is 6.58 Å². The second-order valence-corrected chi connectivity index (χ2v) is 2.57. The predicted molar refractivity (Wildman–Crippen MR) is 41.8 cm³/mol. The lowest BCUT2D eigenvalue weighted by molar-refractivity contribution is -0.170. The standard InChI is InChI=1S/C8H14O3/c1-4-5-7(9)11-8(10)6(2)3/h4,6-7,9H,1,5H2,2-3H3. The zero-order valence-corrected chi connectivity index (χ0v) is 6.91. The topological polar surface area (TPSA) is 46.5 Å². The van der Waals surface area contributed by atoms with Crippen LogP contribution >= 0.6 is 0 Å². The highest BCUT2D eigenvalue weighted by atomic mass is 16.6. The Morgan fingerprint density at radius 3 is 2.64 bits per heavy atom. The number of ether oxygens (including phenoxy) is 1. The summed E-state index contributed by atoms with van der Waals surface area (Å²) in [5.74, 6) is -0.589. The molecule has 0 radical (unpaired) electrons. The fourth-order valence-corrected chi connectivity index (χ4v) is 0.461. The van der Waals surface area contributed by atoms with Gasteiger partial charge in [-0.05, 0) is 0 Å². The summed E-state index contributed by atoms with van der Waals surface area (Å²) < 4.78 is 4.60. The Morgan fingerprint density at radius 2 is 2.27 bits per heavy atom. The molecule has 0 saturated carbocycles. The first kappa shape index (κ1) is 10.2. The predicted octanol–water partition coefficient (Wildman–Crippen LogP) is 1.08. The Hall–Kier alpha value is -0.830. The van der Waals surface area contributed by atoms with E-state index in [1.54, 1.807) is 13.8 Å². The van der Waals surface area contributed by atoms with Crippen LogP contribution in [0.3, 0.4) is 0 Å². The molecule has 3 heteroatoms. The van der Waals surface area contributed by atoms with Crippen LogP contribution < -0.4 is 0 Å². The molecule has 0 amide bonds. The first-order valence-corrected chi connectivity index (χ1v) is 3.57. The van der Waals surface area contributed by atoms with Crippen molar-refractivity contribution >= 4 is 5.97 Å². The molecular weight excluding hydrogens is 144 g/mol. The molecule has 0 rings (SSSR count). The summed E-state index contributed by atoms with van der Waals surface area (Å²) in [5.41, 5.74) is 0. The van der Waals surface area contributed by atoms with E-state index in [9.17, 15) is 4.79 Å². The zero-order valence-electron chi connectivity index (χ0n) is 6.91. The smallest absolute Gasteiger partial charge is 0.310 e. The van der Waals surface area contributed by atoms with Gasteiger partial charge in [0.25, 0.3) is 0 Å². The Balaban J connectivity index is 3.65. The van der Waals surface area contributed by atoms with Crippen molar-refractivity contribution in [3.63, 3.8) is 0 Å². The van der Waals surface area contributed by atoms with Crippen LogP contribution in [-0.2, 0) is 9.53 Å². The zero-order chi connectivity index (χ0) is 8.85. The highest BCUT2D eigenvalue weighted by molar-refractivity contribution is 5.71. The third-order valence-corrected chi connectivity index (χ3v) is 1.09. The minimum Gasteiger partial charge on any atom is -0.435 e. The highest BCUT2D eigenvalue weighted by Gasteiger charge is 2.12. The second kappa shape index (κ2) is 4.91. The SMILES string of the molecule is C=CCC(O)OC(=O)C(C)C. The molecule has 0 aliphatic heterocycles. The van der Waals surface area contributed by atoms with Crippen LogP contribution in [0.25, 0.3) is 0 Å². The van der Waals surface area contributed by atoms with Gasteiger partial charge in [0.15, 0.2) is 0 Å². The summed E-state index contributed by atoms with van der Waals surface area (Å²) >= 11 is 0. The number of aliphatic hydroxyl groups is 1. The van der Waals surface area contributed by atoms with Gasteiger partial charge in [0.2, 0.25) is 6.29 Å². The van der Waals surface area contributed by atoms with Crippen molar-refractivity contribution in [2.24, 2.45) is 5.92 Å². The molecule has 0 heterocycles. The first-order chi connectivity index (χ1) is 5.07. The van der Waals surface area contributed by atoms with E-state index in [0.717, 1.165) is 0 Å². The van der Waals surface area contributed by atoms with E-state index >= 15 is 0 Å². The number of carbonyl (C=O) groups is 1. The highest BCUT2D eigenvalue weighted by Crippen LogP contribution is 2.01. The molecule has 0 aliphatic rings. The molecule has 0 aromatic carbocycles. The second-order valence-electron chi connectivity index (χ2n) is 2.57. The Morgan fingerprint density at radius 1 is 1.73 bits per heavy atom. The summed E-state index contributed by atoms with van der Waals surface area (Å²) in [6.07, 6.45) is 0.735. The Bertz CT molecular complexity index is 140. The van der Waals surface area contributed by atoms with E-state index in [4.69, 9.17) is 5.11 Å². The van der Waals surface area contributed by atoms with Crippen molar-refractivity contribution in [1.29, 1.82) is 0 Å². The Labute approximate surface area is 66.7 Å². The number of esters is 1. The van der Waals surface area contributed by atoms with Gasteiger partial charge in [-0.3, -0.25) is 4.79 Å². The fourth-order valence-electron chi connectivity index (χ4n) is 0.461. The molecule has 0 aromatic rings. The summed E-state index contributed by atoms with van der Waals surface area (Å²) in [6, 6.07) is 0. The molecule has 3 nitrogen and oxygen atoms in total. The summed E-state index contributed by atoms with van der Waals surface area (Å²) in [7, 11) is 0. The lowest BCUT2D eigenvalue weighted by atomic mass is 10.2. The fraction of sp³-hybridized carbons (Fsp3) is 0.625. The van der Waals surface area contributed by atoms with Gasteiger partial charge in [-0.1, -0.05) is 19.9 Å². The molecule has 1 atom stereocenters. The molecule has 0 saturated heterocycles. The minimum absolute atomic E-state index is 0.200. The van der Waals surface area contributed by atoms with Gasteiger partial charge < -0.3 is 9.84 Å². The largest absolute Gasteiger partial charge is 0.435 e. The van der Waals surface area contributed by atoms with Gasteiger partial charge in [-0.25, -0.2) is 0 Å². The van der Waals surface area contributed by atoms with Crippen molar-refractivity contribution in [3.8, 4) is 0 Å². The molecule has 1 N–H and O–H groups in total. The number of hydrogen-bond acceptors (Lipinski definition) is 3. The van der Waals surface area contributed by atoms with Crippen LogP contribution in [0.5, 0.6) is 0 Å². The summed E-state index contributed by atoms with van der Waals surface area (Å²) in [4.78, 5) is 10.8. The van der Waals surface area contributed by atoms with Crippen molar-refractivity contribution in [2.45, 2.75) is 26.6 Å². The quantitative estimate of drug-likeness (QED) is 0.378. The van der Waals surface area contributed by atoms with Crippen LogP contribution in [0.1, 0.15) is 20.3 Å². The van der Waals surface area contributed by atoms with Gasteiger partial charge in [-0.2, -0.15) is 0 Å². The summed E-state index contributed by atoms with van der Waals surface area (Å²) in [6.45, 7) is 6.82. The van der Waals surface area contributed by atoms with Crippen LogP contribution in [0.15, 0.2) is 12.7 Å². The average Bonchev–Trinajstić information content (AvgIpc) is 1.87. The molecule has 0 aliphatic carbocycles. The van der Waals surface area contributed by atoms with Crippen LogP contribution in [0, 0.1) is 5.92 Å². The third-order valence-electron chi connectivity index (χ3n) is 1.09. The number of aliphatic hydroxyl groups excluding tert-OH is 1. The van der Waals surface area contributed by atoms with E-state index in [0.29, 0.717) is 0 Å². The molecule has 11 heavy (non-hydrogen) atoms. The lowest BCUT2D eigenvalue weighted by Gasteiger charge is -2.11. The lowest BCUT2D eigenvalue weighted by Crippen LogP contribution is -2.20. The average molecular weight is 158 g/mol. The monoisotopic (exact) mass is 158 g/mol. The van der Waals surface area contributed by atoms with Gasteiger partial charge in [0.1, 0.15) is 0 Å². The molecule has 0 fully saturated rings. The Kier molecular flexibility index (Phi) is 4.54. The molecule has 0 bridgehead atoms. The van der Waals surface area contributed by atoms with E-state index < -0.39 is 6.29 Å². The van der Waals surface area contributed by atoms with Crippen LogP contribution in [-0.4, -0.2) is 17.4 Å². The van der Waals surface area contributed by atoms with Crippen molar-refractivity contribution in [3.05, 3.63) is 12.7 Å². The third kappa shape index (κ3) is 4.56. The maximum absolute atomic E-state index is 10.8. The molecule has 64 valence electrons. The molecule has 0 spiro atoms. The number of carbonyl (C=O) groups excluding carboxylic acids is 1. The van der Waals surface area contributed by atoms with Crippen LogP contribution in [0.2, 0.25) is 0 Å². The molecular formula is C8H14O3. The first-order valence-electron chi connectivity index (χ1n) is 3.57.